The van der Waals surface area contributed by atoms with E-state index in [0.29, 0.717) is 18.8 Å². The van der Waals surface area contributed by atoms with Gasteiger partial charge in [-0.15, -0.1) is 0 Å². The number of benzene rings is 1. The lowest BCUT2D eigenvalue weighted by Gasteiger charge is -2.17. The first-order valence-corrected chi connectivity index (χ1v) is 10.4. The van der Waals surface area contributed by atoms with Crippen LogP contribution < -0.4 is 15.4 Å². The minimum atomic E-state index is -1.02. The van der Waals surface area contributed by atoms with Gasteiger partial charge < -0.3 is 20.5 Å². The fourth-order valence-electron chi connectivity index (χ4n) is 3.67. The fourth-order valence-corrected chi connectivity index (χ4v) is 3.67. The number of anilines is 1. The van der Waals surface area contributed by atoms with Gasteiger partial charge in [0.2, 0.25) is 5.91 Å². The Hall–Kier alpha value is -3.09. The van der Waals surface area contributed by atoms with Crippen LogP contribution in [0.4, 0.5) is 5.82 Å². The molecule has 0 saturated heterocycles. The van der Waals surface area contributed by atoms with E-state index in [1.165, 1.54) is 0 Å². The molecule has 1 aliphatic rings. The number of carbonyl (C=O) groups excluding carboxylic acids is 1. The van der Waals surface area contributed by atoms with Gasteiger partial charge in [-0.3, -0.25) is 4.79 Å². The largest absolute Gasteiger partial charge is 0.493 e. The summed E-state index contributed by atoms with van der Waals surface area (Å²) in [5.41, 5.74) is 1.78. The zero-order chi connectivity index (χ0) is 21.3. The first-order valence-electron chi connectivity index (χ1n) is 10.4. The van der Waals surface area contributed by atoms with Crippen LogP contribution in [-0.2, 0) is 22.4 Å². The monoisotopic (exact) mass is 411 g/mol. The lowest BCUT2D eigenvalue weighted by atomic mass is 10.0. The first-order chi connectivity index (χ1) is 14.5. The van der Waals surface area contributed by atoms with Crippen LogP contribution in [0.5, 0.6) is 5.75 Å². The van der Waals surface area contributed by atoms with Crippen molar-refractivity contribution >= 4 is 17.7 Å². The molecule has 0 bridgehead atoms. The summed E-state index contributed by atoms with van der Waals surface area (Å²) in [5.74, 6) is 0.329. The van der Waals surface area contributed by atoms with Crippen molar-refractivity contribution in [1.82, 2.24) is 10.3 Å². The molecule has 7 nitrogen and oxygen atoms in total. The van der Waals surface area contributed by atoms with Gasteiger partial charge in [0, 0.05) is 31.5 Å². The summed E-state index contributed by atoms with van der Waals surface area (Å²) in [5, 5.41) is 15.2. The van der Waals surface area contributed by atoms with Crippen LogP contribution in [0.15, 0.2) is 42.5 Å². The molecule has 1 aromatic heterocycles. The zero-order valence-corrected chi connectivity index (χ0v) is 17.3. The van der Waals surface area contributed by atoms with E-state index in [2.05, 4.69) is 15.6 Å². The van der Waals surface area contributed by atoms with E-state index in [-0.39, 0.29) is 18.2 Å². The molecule has 1 amide bonds. The lowest BCUT2D eigenvalue weighted by molar-refractivity contribution is -0.142. The van der Waals surface area contributed by atoms with Crippen molar-refractivity contribution in [1.29, 1.82) is 0 Å². The Morgan fingerprint density at radius 2 is 1.90 bits per heavy atom. The summed E-state index contributed by atoms with van der Waals surface area (Å²) in [6, 6.07) is 12.2. The zero-order valence-electron chi connectivity index (χ0n) is 17.3. The molecule has 1 atom stereocenters. The van der Waals surface area contributed by atoms with Crippen molar-refractivity contribution in [3.05, 3.63) is 53.7 Å². The maximum atomic E-state index is 12.3. The van der Waals surface area contributed by atoms with Crippen molar-refractivity contribution in [2.45, 2.75) is 44.6 Å². The van der Waals surface area contributed by atoms with Crippen LogP contribution in [0.2, 0.25) is 0 Å². The number of aliphatic carboxylic acids is 1. The van der Waals surface area contributed by atoms with Gasteiger partial charge in [0.15, 0.2) is 0 Å². The molecule has 1 aromatic carbocycles. The number of amides is 1. The standard InChI is InChI=1S/C23H29N3O4/c1-24-21-8-4-7-18(25-21)13-14-30-19-11-9-16(10-12-19)15-20(23(28)29)26-22(27)17-5-2-3-6-17/h4,7-12,17,20H,2-3,5-6,13-15H2,1H3,(H,24,25)(H,26,27)(H,28,29)/t20-/m0/s1. The smallest absolute Gasteiger partial charge is 0.326 e. The topological polar surface area (TPSA) is 101 Å². The maximum absolute atomic E-state index is 12.3. The van der Waals surface area contributed by atoms with Gasteiger partial charge >= 0.3 is 5.97 Å². The van der Waals surface area contributed by atoms with Crippen molar-refractivity contribution in [2.24, 2.45) is 5.92 Å². The Morgan fingerprint density at radius 1 is 1.17 bits per heavy atom. The quantitative estimate of drug-likeness (QED) is 0.556. The summed E-state index contributed by atoms with van der Waals surface area (Å²) in [6.07, 6.45) is 4.70. The normalized spacial score (nSPS) is 14.8. The maximum Gasteiger partial charge on any atom is 0.326 e. The summed E-state index contributed by atoms with van der Waals surface area (Å²) in [6.45, 7) is 0.495. The Morgan fingerprint density at radius 3 is 2.57 bits per heavy atom. The molecule has 0 radical (unpaired) electrons. The Balaban J connectivity index is 1.49. The van der Waals surface area contributed by atoms with Gasteiger partial charge in [-0.2, -0.15) is 0 Å². The predicted molar refractivity (Wildman–Crippen MR) is 115 cm³/mol. The molecule has 0 unspecified atom stereocenters. The van der Waals surface area contributed by atoms with Crippen molar-refractivity contribution in [3.63, 3.8) is 0 Å². The highest BCUT2D eigenvalue weighted by Crippen LogP contribution is 2.25. The number of carbonyl (C=O) groups is 2. The highest BCUT2D eigenvalue weighted by molar-refractivity contribution is 5.85. The highest BCUT2D eigenvalue weighted by atomic mass is 16.5. The summed E-state index contributed by atoms with van der Waals surface area (Å²) in [7, 11) is 1.83. The Labute approximate surface area is 176 Å². The van der Waals surface area contributed by atoms with E-state index < -0.39 is 12.0 Å². The third-order valence-corrected chi connectivity index (χ3v) is 5.39. The number of nitrogens with one attached hydrogen (secondary N) is 2. The van der Waals surface area contributed by atoms with Gasteiger partial charge in [-0.1, -0.05) is 31.0 Å². The fraction of sp³-hybridized carbons (Fsp3) is 0.435. The molecule has 1 fully saturated rings. The number of carboxylic acid groups (broad SMARTS) is 1. The SMILES string of the molecule is CNc1cccc(CCOc2ccc(C[C@H](NC(=O)C3CCCC3)C(=O)O)cc2)n1. The molecule has 1 aliphatic carbocycles. The second-order valence-corrected chi connectivity index (χ2v) is 7.59. The molecular weight excluding hydrogens is 382 g/mol. The summed E-state index contributed by atoms with van der Waals surface area (Å²) < 4.78 is 5.78. The van der Waals surface area contributed by atoms with Crippen LogP contribution in [0.25, 0.3) is 0 Å². The number of ether oxygens (including phenoxy) is 1. The van der Waals surface area contributed by atoms with E-state index >= 15 is 0 Å². The second kappa shape index (κ2) is 10.6. The molecule has 2 aromatic rings. The number of rotatable bonds is 10. The van der Waals surface area contributed by atoms with E-state index in [1.807, 2.05) is 49.5 Å². The van der Waals surface area contributed by atoms with Gasteiger partial charge in [0.05, 0.1) is 6.61 Å². The molecule has 7 heteroatoms. The van der Waals surface area contributed by atoms with Crippen molar-refractivity contribution < 1.29 is 19.4 Å². The van der Waals surface area contributed by atoms with E-state index in [1.54, 1.807) is 0 Å². The summed E-state index contributed by atoms with van der Waals surface area (Å²) >= 11 is 0. The summed E-state index contributed by atoms with van der Waals surface area (Å²) in [4.78, 5) is 28.3. The number of aromatic nitrogens is 1. The minimum absolute atomic E-state index is 0.0501. The van der Waals surface area contributed by atoms with Crippen LogP contribution in [-0.4, -0.2) is 41.7 Å². The van der Waals surface area contributed by atoms with Crippen LogP contribution >= 0.6 is 0 Å². The van der Waals surface area contributed by atoms with Gasteiger partial charge in [-0.05, 0) is 42.7 Å². The van der Waals surface area contributed by atoms with E-state index in [0.717, 1.165) is 42.8 Å². The average molecular weight is 412 g/mol. The lowest BCUT2D eigenvalue weighted by Crippen LogP contribution is -2.44. The average Bonchev–Trinajstić information content (AvgIpc) is 3.29. The molecule has 30 heavy (non-hydrogen) atoms. The van der Waals surface area contributed by atoms with Gasteiger partial charge in [0.25, 0.3) is 0 Å². The molecular formula is C23H29N3O4. The predicted octanol–water partition coefficient (Wildman–Crippen LogP) is 3.05. The number of hydrogen-bond donors (Lipinski definition) is 3. The molecule has 1 heterocycles. The van der Waals surface area contributed by atoms with Crippen LogP contribution in [0.3, 0.4) is 0 Å². The van der Waals surface area contributed by atoms with Crippen molar-refractivity contribution in [3.8, 4) is 5.75 Å². The molecule has 0 spiro atoms. The first kappa shape index (κ1) is 21.6. The third kappa shape index (κ3) is 6.20. The number of hydrogen-bond acceptors (Lipinski definition) is 5. The van der Waals surface area contributed by atoms with Crippen LogP contribution in [0, 0.1) is 5.92 Å². The molecule has 1 saturated carbocycles. The molecule has 160 valence electrons. The minimum Gasteiger partial charge on any atom is -0.493 e. The Bertz CT molecular complexity index is 848. The number of carboxylic acids is 1. The van der Waals surface area contributed by atoms with Crippen molar-refractivity contribution in [2.75, 3.05) is 19.0 Å². The van der Waals surface area contributed by atoms with Gasteiger partial charge in [-0.25, -0.2) is 9.78 Å². The molecule has 3 N–H and O–H groups in total. The van der Waals surface area contributed by atoms with Gasteiger partial charge in [0.1, 0.15) is 17.6 Å². The van der Waals surface area contributed by atoms with E-state index in [4.69, 9.17) is 4.74 Å². The Kier molecular flexibility index (Phi) is 7.65. The van der Waals surface area contributed by atoms with Crippen LogP contribution in [0.1, 0.15) is 36.9 Å². The third-order valence-electron chi connectivity index (χ3n) is 5.39. The number of pyridine rings is 1. The highest BCUT2D eigenvalue weighted by Gasteiger charge is 2.27. The molecule has 0 aliphatic heterocycles. The molecule has 3 rings (SSSR count). The van der Waals surface area contributed by atoms with E-state index in [9.17, 15) is 14.7 Å². The second-order valence-electron chi connectivity index (χ2n) is 7.59. The number of nitrogens with zero attached hydrogens (tertiary/aromatic N) is 1.